The summed E-state index contributed by atoms with van der Waals surface area (Å²) >= 11 is 0. The van der Waals surface area contributed by atoms with Gasteiger partial charge in [0.2, 0.25) is 5.88 Å². The van der Waals surface area contributed by atoms with Gasteiger partial charge in [0.05, 0.1) is 25.8 Å². The van der Waals surface area contributed by atoms with Crippen LogP contribution in [-0.2, 0) is 6.42 Å². The number of nitrogens with zero attached hydrogens (tertiary/aromatic N) is 6. The molecule has 0 radical (unpaired) electrons. The standard InChI is InChI=1S/C20H19N7O2/c1-28-17-6-4-3-5-16(17)27-20-15(12-25-27)19(22-13-23-20)26-24-10-9-14-7-8-18(29-2)21-11-14/h3-8,10-13H,9H2,1-2H3,(H,22,23,26)/b24-10+. The zero-order valence-corrected chi connectivity index (χ0v) is 16.0. The lowest BCUT2D eigenvalue weighted by Gasteiger charge is -2.08. The summed E-state index contributed by atoms with van der Waals surface area (Å²) in [5.41, 5.74) is 5.43. The Morgan fingerprint density at radius 1 is 1.03 bits per heavy atom. The van der Waals surface area contributed by atoms with Crippen LogP contribution in [0.5, 0.6) is 11.6 Å². The normalized spacial score (nSPS) is 11.1. The number of nitrogens with one attached hydrogen (secondary N) is 1. The van der Waals surface area contributed by atoms with Crippen molar-refractivity contribution < 1.29 is 9.47 Å². The van der Waals surface area contributed by atoms with Crippen LogP contribution in [0, 0.1) is 0 Å². The van der Waals surface area contributed by atoms with E-state index in [-0.39, 0.29) is 0 Å². The van der Waals surface area contributed by atoms with E-state index in [0.29, 0.717) is 29.5 Å². The first-order valence-electron chi connectivity index (χ1n) is 8.88. The quantitative estimate of drug-likeness (QED) is 0.383. The van der Waals surface area contributed by atoms with Crippen molar-refractivity contribution in [2.45, 2.75) is 6.42 Å². The maximum atomic E-state index is 5.43. The van der Waals surface area contributed by atoms with Crippen molar-refractivity contribution in [1.29, 1.82) is 0 Å². The van der Waals surface area contributed by atoms with Crippen LogP contribution in [0.4, 0.5) is 5.82 Å². The number of fused-ring (bicyclic) bond motifs is 1. The van der Waals surface area contributed by atoms with Crippen LogP contribution in [-0.4, -0.2) is 45.2 Å². The molecule has 29 heavy (non-hydrogen) atoms. The molecule has 0 fully saturated rings. The van der Waals surface area contributed by atoms with Gasteiger partial charge in [0, 0.05) is 24.9 Å². The summed E-state index contributed by atoms with van der Waals surface area (Å²) in [6.07, 6.45) is 7.31. The van der Waals surface area contributed by atoms with Crippen LogP contribution in [0.25, 0.3) is 16.7 Å². The molecule has 0 spiro atoms. The minimum absolute atomic E-state index is 0.570. The third-order valence-electron chi connectivity index (χ3n) is 4.27. The van der Waals surface area contributed by atoms with Gasteiger partial charge in [0.25, 0.3) is 0 Å². The fourth-order valence-electron chi connectivity index (χ4n) is 2.82. The molecule has 0 saturated heterocycles. The van der Waals surface area contributed by atoms with E-state index >= 15 is 0 Å². The second-order valence-corrected chi connectivity index (χ2v) is 6.02. The number of ether oxygens (including phenoxy) is 2. The molecule has 9 heteroatoms. The van der Waals surface area contributed by atoms with E-state index in [4.69, 9.17) is 9.47 Å². The van der Waals surface area contributed by atoms with Crippen LogP contribution in [0.15, 0.2) is 60.2 Å². The highest BCUT2D eigenvalue weighted by molar-refractivity contribution is 5.87. The first-order valence-corrected chi connectivity index (χ1v) is 8.88. The maximum absolute atomic E-state index is 5.43. The Hall–Kier alpha value is -4.01. The second kappa shape index (κ2) is 8.34. The molecule has 0 aliphatic rings. The summed E-state index contributed by atoms with van der Waals surface area (Å²) in [6.45, 7) is 0. The molecular weight excluding hydrogens is 370 g/mol. The monoisotopic (exact) mass is 389 g/mol. The van der Waals surface area contributed by atoms with Crippen LogP contribution in [0.2, 0.25) is 0 Å². The zero-order valence-electron chi connectivity index (χ0n) is 16.0. The third kappa shape index (κ3) is 3.84. The number of rotatable bonds is 7. The van der Waals surface area contributed by atoms with Gasteiger partial charge in [-0.1, -0.05) is 18.2 Å². The summed E-state index contributed by atoms with van der Waals surface area (Å²) in [5, 5.41) is 9.46. The van der Waals surface area contributed by atoms with E-state index in [9.17, 15) is 0 Å². The molecule has 146 valence electrons. The molecule has 3 aromatic heterocycles. The van der Waals surface area contributed by atoms with Crippen molar-refractivity contribution in [3.8, 4) is 17.3 Å². The zero-order chi connectivity index (χ0) is 20.1. The van der Waals surface area contributed by atoms with Gasteiger partial charge in [-0.2, -0.15) is 10.2 Å². The smallest absolute Gasteiger partial charge is 0.212 e. The fourth-order valence-corrected chi connectivity index (χ4v) is 2.82. The first-order chi connectivity index (χ1) is 14.3. The lowest BCUT2D eigenvalue weighted by Crippen LogP contribution is -2.01. The molecule has 4 rings (SSSR count). The second-order valence-electron chi connectivity index (χ2n) is 6.02. The molecule has 0 saturated carbocycles. The molecule has 9 nitrogen and oxygen atoms in total. The van der Waals surface area contributed by atoms with Crippen LogP contribution in [0.3, 0.4) is 0 Å². The molecule has 0 aliphatic carbocycles. The van der Waals surface area contributed by atoms with Gasteiger partial charge in [-0.3, -0.25) is 5.43 Å². The molecule has 4 aromatic rings. The summed E-state index contributed by atoms with van der Waals surface area (Å²) in [4.78, 5) is 12.8. The Morgan fingerprint density at radius 2 is 1.93 bits per heavy atom. The molecule has 0 bridgehead atoms. The molecule has 0 atom stereocenters. The topological polar surface area (TPSA) is 99.3 Å². The van der Waals surface area contributed by atoms with Crippen molar-refractivity contribution in [3.63, 3.8) is 0 Å². The van der Waals surface area contributed by atoms with Gasteiger partial charge >= 0.3 is 0 Å². The van der Waals surface area contributed by atoms with Gasteiger partial charge in [-0.15, -0.1) is 0 Å². The number of methoxy groups -OCH3 is 2. The number of hydrazone groups is 1. The maximum Gasteiger partial charge on any atom is 0.212 e. The number of para-hydroxylation sites is 2. The molecule has 1 aromatic carbocycles. The number of hydrogen-bond acceptors (Lipinski definition) is 8. The van der Waals surface area contributed by atoms with E-state index in [1.807, 2.05) is 36.4 Å². The molecule has 3 heterocycles. The number of anilines is 1. The molecule has 0 aliphatic heterocycles. The highest BCUT2D eigenvalue weighted by Gasteiger charge is 2.13. The predicted octanol–water partition coefficient (Wildman–Crippen LogP) is 2.87. The number of aromatic nitrogens is 5. The number of benzene rings is 1. The third-order valence-corrected chi connectivity index (χ3v) is 4.27. The molecular formula is C20H19N7O2. The Balaban J connectivity index is 1.53. The van der Waals surface area contributed by atoms with Crippen molar-refractivity contribution in [2.75, 3.05) is 19.6 Å². The van der Waals surface area contributed by atoms with Crippen LogP contribution < -0.4 is 14.9 Å². The van der Waals surface area contributed by atoms with E-state index < -0.39 is 0 Å². The van der Waals surface area contributed by atoms with Crippen LogP contribution in [0.1, 0.15) is 5.56 Å². The summed E-state index contributed by atoms with van der Waals surface area (Å²) < 4.78 is 12.2. The van der Waals surface area contributed by atoms with Crippen LogP contribution >= 0.6 is 0 Å². The predicted molar refractivity (Wildman–Crippen MR) is 110 cm³/mol. The SMILES string of the molecule is COc1ccc(C/C=N/Nc2ncnc3c2cnn3-c2ccccc2OC)cn1. The Morgan fingerprint density at radius 3 is 2.72 bits per heavy atom. The number of hydrogen-bond donors (Lipinski definition) is 1. The first kappa shape index (κ1) is 18.4. The van der Waals surface area contributed by atoms with Gasteiger partial charge in [-0.25, -0.2) is 19.6 Å². The van der Waals surface area contributed by atoms with Gasteiger partial charge in [-0.05, 0) is 17.7 Å². The lowest BCUT2D eigenvalue weighted by molar-refractivity contribution is 0.397. The van der Waals surface area contributed by atoms with E-state index in [1.165, 1.54) is 6.33 Å². The number of pyridine rings is 1. The molecule has 1 N–H and O–H groups in total. The largest absolute Gasteiger partial charge is 0.494 e. The van der Waals surface area contributed by atoms with E-state index in [0.717, 1.165) is 16.6 Å². The van der Waals surface area contributed by atoms with Crippen molar-refractivity contribution >= 4 is 23.1 Å². The molecule has 0 unspecified atom stereocenters. The minimum Gasteiger partial charge on any atom is -0.494 e. The minimum atomic E-state index is 0.570. The summed E-state index contributed by atoms with van der Waals surface area (Å²) in [6, 6.07) is 11.4. The van der Waals surface area contributed by atoms with Crippen molar-refractivity contribution in [1.82, 2.24) is 24.7 Å². The average Bonchev–Trinajstić information content (AvgIpc) is 3.22. The van der Waals surface area contributed by atoms with Gasteiger partial charge in [0.1, 0.15) is 17.8 Å². The molecule has 0 amide bonds. The highest BCUT2D eigenvalue weighted by atomic mass is 16.5. The Kier molecular flexibility index (Phi) is 5.28. The van der Waals surface area contributed by atoms with E-state index in [2.05, 4.69) is 30.6 Å². The van der Waals surface area contributed by atoms with Crippen molar-refractivity contribution in [2.24, 2.45) is 5.10 Å². The highest BCUT2D eigenvalue weighted by Crippen LogP contribution is 2.26. The van der Waals surface area contributed by atoms with E-state index in [1.54, 1.807) is 37.5 Å². The Bertz CT molecular complexity index is 1140. The Labute approximate surface area is 167 Å². The van der Waals surface area contributed by atoms with Gasteiger partial charge in [0.15, 0.2) is 11.5 Å². The van der Waals surface area contributed by atoms with Gasteiger partial charge < -0.3 is 9.47 Å². The summed E-state index contributed by atoms with van der Waals surface area (Å²) in [7, 11) is 3.21. The van der Waals surface area contributed by atoms with Crippen molar-refractivity contribution in [3.05, 3.63) is 60.7 Å². The summed E-state index contributed by atoms with van der Waals surface area (Å²) in [5.74, 6) is 1.86. The average molecular weight is 389 g/mol. The fraction of sp³-hybridized carbons (Fsp3) is 0.150. The lowest BCUT2D eigenvalue weighted by atomic mass is 10.2.